The minimum absolute atomic E-state index is 0.0536. The molecule has 1 N–H and O–H groups in total. The molecule has 1 saturated heterocycles. The molecule has 1 heterocycles. The van der Waals surface area contributed by atoms with E-state index in [2.05, 4.69) is 0 Å². The van der Waals surface area contributed by atoms with E-state index in [0.29, 0.717) is 6.07 Å². The second-order valence-corrected chi connectivity index (χ2v) is 7.66. The number of hydrogen-bond acceptors (Lipinski definition) is 4. The van der Waals surface area contributed by atoms with E-state index in [4.69, 9.17) is 20.2 Å². The number of nitrogens with one attached hydrogen (secondary N) is 1. The summed E-state index contributed by atoms with van der Waals surface area (Å²) in [4.78, 5) is 27.2. The molecule has 2 amide bonds. The quantitative estimate of drug-likeness (QED) is 0.547. The van der Waals surface area contributed by atoms with Crippen molar-refractivity contribution in [3.63, 3.8) is 0 Å². The average Bonchev–Trinajstić information content (AvgIpc) is 2.90. The third-order valence-corrected chi connectivity index (χ3v) is 5.31. The topological polar surface area (TPSA) is 76.4 Å². The van der Waals surface area contributed by atoms with Gasteiger partial charge in [-0.1, -0.05) is 0 Å². The van der Waals surface area contributed by atoms with Crippen LogP contribution in [0, 0.1) is 17.1 Å². The molecule has 0 radical (unpaired) electrons. The van der Waals surface area contributed by atoms with Crippen LogP contribution in [0.5, 0.6) is 0 Å². The number of hydrogen-bond donors (Lipinski definition) is 1. The van der Waals surface area contributed by atoms with Gasteiger partial charge in [0.2, 0.25) is 0 Å². The molecule has 0 aliphatic carbocycles. The van der Waals surface area contributed by atoms with E-state index < -0.39 is 53.0 Å². The molecule has 1 fully saturated rings. The zero-order valence-corrected chi connectivity index (χ0v) is 17.4. The van der Waals surface area contributed by atoms with Gasteiger partial charge in [0.1, 0.15) is 11.4 Å². The molecule has 6 nitrogen and oxygen atoms in total. The highest BCUT2D eigenvalue weighted by Crippen LogP contribution is 2.39. The first-order valence-electron chi connectivity index (χ1n) is 10.1. The van der Waals surface area contributed by atoms with Gasteiger partial charge in [-0.3, -0.25) is 14.5 Å². The van der Waals surface area contributed by atoms with Crippen LogP contribution in [-0.4, -0.2) is 29.5 Å². The number of carbonyl (C=O) groups excluding carboxylic acids is 2. The Morgan fingerprint density at radius 1 is 1.22 bits per heavy atom. The summed E-state index contributed by atoms with van der Waals surface area (Å²) in [5.74, 6) is -2.70. The number of benzene rings is 2. The maximum atomic E-state index is 14.7. The lowest BCUT2D eigenvalue weighted by Crippen LogP contribution is -2.44. The van der Waals surface area contributed by atoms with Crippen molar-refractivity contribution in [2.75, 3.05) is 16.8 Å². The van der Waals surface area contributed by atoms with Crippen molar-refractivity contribution in [3.8, 4) is 6.07 Å². The number of rotatable bonds is 3. The van der Waals surface area contributed by atoms with Crippen molar-refractivity contribution in [1.82, 2.24) is 5.32 Å². The first-order valence-corrected chi connectivity index (χ1v) is 9.36. The summed E-state index contributed by atoms with van der Waals surface area (Å²) >= 11 is 5.37. The molecule has 0 atom stereocenters. The molecule has 166 valence electrons. The molecule has 0 saturated carbocycles. The third kappa shape index (κ3) is 3.67. The number of amides is 2. The predicted molar refractivity (Wildman–Crippen MR) is 113 cm³/mol. The number of anilines is 2. The largest absolute Gasteiger partial charge is 0.417 e. The Bertz CT molecular complexity index is 1240. The van der Waals surface area contributed by atoms with Crippen LogP contribution in [0.3, 0.4) is 0 Å². The predicted octanol–water partition coefficient (Wildman–Crippen LogP) is 3.99. The van der Waals surface area contributed by atoms with Gasteiger partial charge >= 0.3 is 6.18 Å². The minimum Gasteiger partial charge on any atom is -0.355 e. The second kappa shape index (κ2) is 7.87. The summed E-state index contributed by atoms with van der Waals surface area (Å²) in [5, 5.41) is 10.7. The molecule has 32 heavy (non-hydrogen) atoms. The average molecular weight is 466 g/mol. The fourth-order valence-corrected chi connectivity index (χ4v) is 3.89. The van der Waals surface area contributed by atoms with Gasteiger partial charge in [0.25, 0.3) is 11.8 Å². The monoisotopic (exact) mass is 466 g/mol. The lowest BCUT2D eigenvalue weighted by molar-refractivity contribution is -0.137. The Hall–Kier alpha value is -3.52. The van der Waals surface area contributed by atoms with Gasteiger partial charge in [0.05, 0.1) is 28.4 Å². The number of nitrogens with zero attached hydrogens (tertiary/aromatic N) is 3. The Kier molecular flexibility index (Phi) is 5.01. The van der Waals surface area contributed by atoms with E-state index in [0.717, 1.165) is 29.2 Å². The molecule has 0 aromatic heterocycles. The first kappa shape index (κ1) is 20.4. The molecule has 1 aliphatic heterocycles. The SMILES string of the molecule is [2H]C([2H])NC(=O)c1ccc(N2C(=S)N(c3ccc(C#N)c(C(F)(F)F)c3)C(=O)C2(C)C)cc1F. The molecule has 2 aromatic carbocycles. The van der Waals surface area contributed by atoms with E-state index in [1.807, 2.05) is 5.32 Å². The summed E-state index contributed by atoms with van der Waals surface area (Å²) < 4.78 is 69.0. The van der Waals surface area contributed by atoms with Gasteiger partial charge < -0.3 is 10.2 Å². The number of thiocarbonyl (C=S) groups is 1. The molecular weight excluding hydrogens is 448 g/mol. The number of halogens is 4. The highest BCUT2D eigenvalue weighted by Gasteiger charge is 2.50. The Morgan fingerprint density at radius 2 is 1.88 bits per heavy atom. The van der Waals surface area contributed by atoms with Crippen molar-refractivity contribution < 1.29 is 29.9 Å². The van der Waals surface area contributed by atoms with Crippen LogP contribution >= 0.6 is 12.2 Å². The van der Waals surface area contributed by atoms with Crippen LogP contribution in [-0.2, 0) is 11.0 Å². The molecule has 0 unspecified atom stereocenters. The molecule has 1 aliphatic rings. The van der Waals surface area contributed by atoms with Gasteiger partial charge in [-0.05, 0) is 62.5 Å². The summed E-state index contributed by atoms with van der Waals surface area (Å²) in [6.07, 6.45) is -4.85. The van der Waals surface area contributed by atoms with Gasteiger partial charge in [-0.25, -0.2) is 4.39 Å². The Balaban J connectivity index is 2.05. The molecule has 0 bridgehead atoms. The van der Waals surface area contributed by atoms with E-state index in [-0.39, 0.29) is 16.5 Å². The molecule has 3 rings (SSSR count). The van der Waals surface area contributed by atoms with Crippen molar-refractivity contribution in [1.29, 1.82) is 5.26 Å². The number of nitriles is 1. The van der Waals surface area contributed by atoms with Crippen LogP contribution in [0.15, 0.2) is 36.4 Å². The third-order valence-electron chi connectivity index (χ3n) is 4.94. The van der Waals surface area contributed by atoms with Crippen LogP contribution in [0.2, 0.25) is 0 Å². The van der Waals surface area contributed by atoms with E-state index in [9.17, 15) is 27.2 Å². The highest BCUT2D eigenvalue weighted by molar-refractivity contribution is 7.81. The normalized spacial score (nSPS) is 16.7. The van der Waals surface area contributed by atoms with Crippen molar-refractivity contribution in [2.24, 2.45) is 0 Å². The van der Waals surface area contributed by atoms with Gasteiger partial charge in [0, 0.05) is 15.4 Å². The van der Waals surface area contributed by atoms with Crippen molar-refractivity contribution in [2.45, 2.75) is 25.6 Å². The molecular formula is C21H16F4N4O2S. The molecule has 0 spiro atoms. The van der Waals surface area contributed by atoms with E-state index in [1.165, 1.54) is 30.9 Å². The summed E-state index contributed by atoms with van der Waals surface area (Å²) in [6.45, 7) is 1.18. The van der Waals surface area contributed by atoms with Crippen LogP contribution in [0.4, 0.5) is 28.9 Å². The first-order chi connectivity index (χ1) is 15.7. The maximum absolute atomic E-state index is 14.7. The van der Waals surface area contributed by atoms with Gasteiger partial charge in [0.15, 0.2) is 5.11 Å². The molecule has 2 aromatic rings. The fourth-order valence-electron chi connectivity index (χ4n) is 3.36. The Labute approximate surface area is 188 Å². The lowest BCUT2D eigenvalue weighted by Gasteiger charge is -2.29. The zero-order valence-electron chi connectivity index (χ0n) is 18.6. The van der Waals surface area contributed by atoms with Crippen LogP contribution in [0.25, 0.3) is 0 Å². The fraction of sp³-hybridized carbons (Fsp3) is 0.238. The molecule has 11 heteroatoms. The zero-order chi connectivity index (χ0) is 25.6. The van der Waals surface area contributed by atoms with Crippen molar-refractivity contribution >= 4 is 40.5 Å². The second-order valence-electron chi connectivity index (χ2n) is 7.29. The number of carbonyl (C=O) groups is 2. The van der Waals surface area contributed by atoms with Crippen LogP contribution < -0.4 is 15.1 Å². The standard InChI is InChI=1S/C21H16F4N4O2S/c1-20(2)18(31)28(12-5-4-11(10-26)15(8-12)21(23,24)25)19(32)29(20)13-6-7-14(16(22)9-13)17(30)27-3/h4-9H,1-3H3,(H,27,30)/i3D2. The highest BCUT2D eigenvalue weighted by atomic mass is 32.1. The van der Waals surface area contributed by atoms with Crippen molar-refractivity contribution in [3.05, 3.63) is 58.9 Å². The summed E-state index contributed by atoms with van der Waals surface area (Å²) in [5.41, 5.74) is -3.90. The van der Waals surface area contributed by atoms with Gasteiger partial charge in [-0.15, -0.1) is 0 Å². The smallest absolute Gasteiger partial charge is 0.355 e. The lowest BCUT2D eigenvalue weighted by atomic mass is 10.0. The summed E-state index contributed by atoms with van der Waals surface area (Å²) in [6, 6.07) is 7.48. The van der Waals surface area contributed by atoms with E-state index >= 15 is 0 Å². The summed E-state index contributed by atoms with van der Waals surface area (Å²) in [7, 11) is 0. The van der Waals surface area contributed by atoms with Gasteiger partial charge in [-0.2, -0.15) is 18.4 Å². The van der Waals surface area contributed by atoms with E-state index in [1.54, 1.807) is 0 Å². The number of alkyl halides is 3. The minimum atomic E-state index is -4.85. The Morgan fingerprint density at radius 3 is 2.44 bits per heavy atom. The van der Waals surface area contributed by atoms with Crippen LogP contribution in [0.1, 0.15) is 38.1 Å². The maximum Gasteiger partial charge on any atom is 0.417 e.